The van der Waals surface area contributed by atoms with Crippen LogP contribution in [0.5, 0.6) is 0 Å². The van der Waals surface area contributed by atoms with Crippen LogP contribution in [0.3, 0.4) is 0 Å². The largest absolute Gasteiger partial charge is 0.391 e. The number of nitrogens with one attached hydrogen (secondary N) is 2. The number of anilines is 2. The molecule has 126 valence electrons. The fraction of sp³-hybridized carbons (Fsp3) is 0.688. The number of amides is 1. The van der Waals surface area contributed by atoms with Gasteiger partial charge in [-0.05, 0) is 19.3 Å². The third-order valence-electron chi connectivity index (χ3n) is 5.00. The Morgan fingerprint density at radius 2 is 2.22 bits per heavy atom. The summed E-state index contributed by atoms with van der Waals surface area (Å²) >= 11 is 0. The van der Waals surface area contributed by atoms with Gasteiger partial charge in [0.2, 0.25) is 5.91 Å². The van der Waals surface area contributed by atoms with E-state index in [1.54, 1.807) is 6.33 Å². The number of piperidine rings is 2. The average molecular weight is 319 g/mol. The number of carbonyl (C=O) groups excluding carboxylic acids is 1. The zero-order valence-electron chi connectivity index (χ0n) is 13.6. The normalized spacial score (nSPS) is 23.7. The number of aromatic nitrogens is 2. The molecule has 1 amide bonds. The number of hydrogen-bond acceptors (Lipinski definition) is 6. The molecule has 7 nitrogen and oxygen atoms in total. The van der Waals surface area contributed by atoms with Crippen molar-refractivity contribution in [3.8, 4) is 0 Å². The monoisotopic (exact) mass is 319 g/mol. The molecule has 3 rings (SSSR count). The second kappa shape index (κ2) is 6.70. The van der Waals surface area contributed by atoms with Crippen LogP contribution in [-0.4, -0.2) is 53.3 Å². The lowest BCUT2D eigenvalue weighted by Gasteiger charge is -2.46. The van der Waals surface area contributed by atoms with Crippen molar-refractivity contribution in [2.75, 3.05) is 36.4 Å². The van der Waals surface area contributed by atoms with Crippen LogP contribution >= 0.6 is 0 Å². The summed E-state index contributed by atoms with van der Waals surface area (Å²) in [6, 6.07) is 1.97. The molecular formula is C16H25N5O2. The molecule has 2 aliphatic heterocycles. The number of aliphatic hydroxyl groups excluding tert-OH is 1. The third kappa shape index (κ3) is 3.39. The van der Waals surface area contributed by atoms with Crippen LogP contribution in [0.4, 0.5) is 11.6 Å². The first-order valence-electron chi connectivity index (χ1n) is 8.38. The Hall–Kier alpha value is -1.89. The molecule has 1 atom stereocenters. The molecule has 0 aromatic carbocycles. The molecule has 1 unspecified atom stereocenters. The van der Waals surface area contributed by atoms with Crippen molar-refractivity contribution in [2.45, 2.75) is 38.7 Å². The maximum atomic E-state index is 11.7. The maximum absolute atomic E-state index is 11.7. The van der Waals surface area contributed by atoms with Crippen molar-refractivity contribution >= 4 is 17.5 Å². The molecule has 3 heterocycles. The van der Waals surface area contributed by atoms with Gasteiger partial charge in [0.15, 0.2) is 0 Å². The van der Waals surface area contributed by atoms with Gasteiger partial charge >= 0.3 is 0 Å². The molecule has 0 radical (unpaired) electrons. The van der Waals surface area contributed by atoms with Gasteiger partial charge in [0.05, 0.1) is 6.10 Å². The Kier molecular flexibility index (Phi) is 4.66. The zero-order valence-corrected chi connectivity index (χ0v) is 13.6. The molecule has 0 bridgehead atoms. The summed E-state index contributed by atoms with van der Waals surface area (Å²) in [6.07, 6.45) is 4.22. The summed E-state index contributed by atoms with van der Waals surface area (Å²) in [6.45, 7) is 4.98. The van der Waals surface area contributed by atoms with Gasteiger partial charge in [-0.3, -0.25) is 4.79 Å². The fourth-order valence-electron chi connectivity index (χ4n) is 3.49. The SMILES string of the molecule is CCCNc1cc(N2CCC3(CC2)CC(=O)NCC3O)ncn1. The molecule has 2 saturated heterocycles. The van der Waals surface area contributed by atoms with Crippen LogP contribution in [0.1, 0.15) is 32.6 Å². The topological polar surface area (TPSA) is 90.4 Å². The molecular weight excluding hydrogens is 294 g/mol. The van der Waals surface area contributed by atoms with Gasteiger partial charge in [0.1, 0.15) is 18.0 Å². The molecule has 0 saturated carbocycles. The molecule has 2 fully saturated rings. The molecule has 1 aromatic rings. The van der Waals surface area contributed by atoms with E-state index in [0.29, 0.717) is 13.0 Å². The molecule has 3 N–H and O–H groups in total. The average Bonchev–Trinajstić information content (AvgIpc) is 2.58. The number of aliphatic hydroxyl groups is 1. The van der Waals surface area contributed by atoms with Crippen LogP contribution in [0.2, 0.25) is 0 Å². The Balaban J connectivity index is 1.65. The van der Waals surface area contributed by atoms with Gasteiger partial charge in [-0.15, -0.1) is 0 Å². The van der Waals surface area contributed by atoms with Crippen molar-refractivity contribution in [1.29, 1.82) is 0 Å². The first kappa shape index (κ1) is 16.0. The number of hydrogen-bond donors (Lipinski definition) is 3. The minimum absolute atomic E-state index is 0.0526. The molecule has 7 heteroatoms. The van der Waals surface area contributed by atoms with E-state index in [1.165, 1.54) is 0 Å². The van der Waals surface area contributed by atoms with Crippen LogP contribution in [0, 0.1) is 5.41 Å². The Morgan fingerprint density at radius 1 is 1.43 bits per heavy atom. The van der Waals surface area contributed by atoms with Gasteiger partial charge in [0, 0.05) is 44.1 Å². The van der Waals surface area contributed by atoms with Gasteiger partial charge in [-0.25, -0.2) is 9.97 Å². The number of β-amino-alcohol motifs (C(OH)–C–C–N with tert-alkyl or cyclic N) is 1. The highest BCUT2D eigenvalue weighted by Crippen LogP contribution is 2.40. The van der Waals surface area contributed by atoms with E-state index in [0.717, 1.165) is 50.5 Å². The van der Waals surface area contributed by atoms with E-state index < -0.39 is 6.10 Å². The van der Waals surface area contributed by atoms with E-state index in [9.17, 15) is 9.90 Å². The van der Waals surface area contributed by atoms with Crippen LogP contribution in [-0.2, 0) is 4.79 Å². The van der Waals surface area contributed by atoms with Gasteiger partial charge < -0.3 is 20.6 Å². The van der Waals surface area contributed by atoms with Crippen molar-refractivity contribution in [3.05, 3.63) is 12.4 Å². The smallest absolute Gasteiger partial charge is 0.220 e. The first-order valence-corrected chi connectivity index (χ1v) is 8.38. The molecule has 1 aromatic heterocycles. The maximum Gasteiger partial charge on any atom is 0.220 e. The lowest BCUT2D eigenvalue weighted by Crippen LogP contribution is -2.56. The summed E-state index contributed by atoms with van der Waals surface area (Å²) in [5.41, 5.74) is -0.269. The number of rotatable bonds is 4. The fourth-order valence-corrected chi connectivity index (χ4v) is 3.49. The highest BCUT2D eigenvalue weighted by atomic mass is 16.3. The van der Waals surface area contributed by atoms with E-state index in [4.69, 9.17) is 0 Å². The highest BCUT2D eigenvalue weighted by molar-refractivity contribution is 5.78. The first-order chi connectivity index (χ1) is 11.1. The van der Waals surface area contributed by atoms with Gasteiger partial charge in [0.25, 0.3) is 0 Å². The van der Waals surface area contributed by atoms with Gasteiger partial charge in [-0.1, -0.05) is 6.92 Å². The quantitative estimate of drug-likeness (QED) is 0.759. The lowest BCUT2D eigenvalue weighted by atomic mass is 9.69. The van der Waals surface area contributed by atoms with Crippen molar-refractivity contribution in [3.63, 3.8) is 0 Å². The summed E-state index contributed by atoms with van der Waals surface area (Å²) < 4.78 is 0. The minimum Gasteiger partial charge on any atom is -0.391 e. The van der Waals surface area contributed by atoms with E-state index in [2.05, 4.69) is 32.4 Å². The van der Waals surface area contributed by atoms with Crippen LogP contribution in [0.15, 0.2) is 12.4 Å². The predicted molar refractivity (Wildman–Crippen MR) is 88.3 cm³/mol. The van der Waals surface area contributed by atoms with Crippen LogP contribution in [0.25, 0.3) is 0 Å². The second-order valence-corrected chi connectivity index (χ2v) is 6.53. The number of nitrogens with zero attached hydrogens (tertiary/aromatic N) is 3. The molecule has 23 heavy (non-hydrogen) atoms. The predicted octanol–water partition coefficient (Wildman–Crippen LogP) is 0.766. The van der Waals surface area contributed by atoms with Crippen LogP contribution < -0.4 is 15.5 Å². The highest BCUT2D eigenvalue weighted by Gasteiger charge is 2.45. The van der Waals surface area contributed by atoms with E-state index >= 15 is 0 Å². The molecule has 0 aliphatic carbocycles. The summed E-state index contributed by atoms with van der Waals surface area (Å²) in [5, 5.41) is 16.3. The van der Waals surface area contributed by atoms with Crippen molar-refractivity contribution in [2.24, 2.45) is 5.41 Å². The zero-order chi connectivity index (χ0) is 16.3. The molecule has 1 spiro atoms. The molecule has 2 aliphatic rings. The van der Waals surface area contributed by atoms with E-state index in [1.807, 2.05) is 6.07 Å². The van der Waals surface area contributed by atoms with Crippen molar-refractivity contribution in [1.82, 2.24) is 15.3 Å². The number of carbonyl (C=O) groups is 1. The van der Waals surface area contributed by atoms with Crippen molar-refractivity contribution < 1.29 is 9.90 Å². The van der Waals surface area contributed by atoms with Gasteiger partial charge in [-0.2, -0.15) is 0 Å². The standard InChI is InChI=1S/C16H25N5O2/c1-2-5-17-13-8-14(20-11-19-13)21-6-3-16(4-7-21)9-15(23)18-10-12(16)22/h8,11-12,22H,2-7,9-10H2,1H3,(H,18,23)(H,17,19,20). The van der Waals surface area contributed by atoms with E-state index in [-0.39, 0.29) is 11.3 Å². The third-order valence-corrected chi connectivity index (χ3v) is 5.00. The second-order valence-electron chi connectivity index (χ2n) is 6.53. The summed E-state index contributed by atoms with van der Waals surface area (Å²) in [4.78, 5) is 22.5. The lowest BCUT2D eigenvalue weighted by molar-refractivity contribution is -0.132. The summed E-state index contributed by atoms with van der Waals surface area (Å²) in [5.74, 6) is 1.80. The Morgan fingerprint density at radius 3 is 2.96 bits per heavy atom. The Labute approximate surface area is 136 Å². The minimum atomic E-state index is -0.450. The Bertz CT molecular complexity index is 557. The summed E-state index contributed by atoms with van der Waals surface area (Å²) in [7, 11) is 0.